The number of amides is 1. The number of halogens is 1. The van der Waals surface area contributed by atoms with Gasteiger partial charge in [0.05, 0.1) is 18.2 Å². The van der Waals surface area contributed by atoms with Crippen LogP contribution in [-0.2, 0) is 4.74 Å². The Bertz CT molecular complexity index is 1130. The van der Waals surface area contributed by atoms with Crippen LogP contribution in [0.4, 0.5) is 9.18 Å². The molecule has 3 aromatic rings. The molecule has 1 N–H and O–H groups in total. The molecule has 0 aliphatic heterocycles. The lowest BCUT2D eigenvalue weighted by atomic mass is 10.2. The molecule has 1 aliphatic carbocycles. The van der Waals surface area contributed by atoms with Crippen LogP contribution >= 0.6 is 0 Å². The summed E-state index contributed by atoms with van der Waals surface area (Å²) < 4.78 is 33.0. The van der Waals surface area contributed by atoms with E-state index in [1.807, 2.05) is 18.2 Å². The van der Waals surface area contributed by atoms with E-state index < -0.39 is 17.5 Å². The van der Waals surface area contributed by atoms with Gasteiger partial charge in [-0.25, -0.2) is 13.9 Å². The minimum atomic E-state index is -0.577. The van der Waals surface area contributed by atoms with Gasteiger partial charge in [-0.1, -0.05) is 0 Å². The van der Waals surface area contributed by atoms with E-state index in [-0.39, 0.29) is 12.6 Å². The molecule has 8 heteroatoms. The van der Waals surface area contributed by atoms with Gasteiger partial charge in [-0.3, -0.25) is 0 Å². The SMILES string of the molecule is C[C@@H](COc1ccc(-n2cc3ccc(OCC4CC4)cc3n2)c(F)c1)NC(=O)OC(C)(C)C. The van der Waals surface area contributed by atoms with Crippen molar-refractivity contribution in [3.8, 4) is 17.2 Å². The highest BCUT2D eigenvalue weighted by atomic mass is 19.1. The van der Waals surface area contributed by atoms with Gasteiger partial charge in [0.15, 0.2) is 5.82 Å². The average molecular weight is 456 g/mol. The number of hydrogen-bond donors (Lipinski definition) is 1. The van der Waals surface area contributed by atoms with Crippen LogP contribution in [0.25, 0.3) is 16.6 Å². The van der Waals surface area contributed by atoms with Gasteiger partial charge in [0.1, 0.15) is 29.4 Å². The number of nitrogens with zero attached hydrogens (tertiary/aromatic N) is 2. The Morgan fingerprint density at radius 2 is 1.91 bits per heavy atom. The molecule has 0 spiro atoms. The second-order valence-corrected chi connectivity index (χ2v) is 9.52. The van der Waals surface area contributed by atoms with Crippen LogP contribution in [0.1, 0.15) is 40.5 Å². The van der Waals surface area contributed by atoms with E-state index in [1.54, 1.807) is 46.0 Å². The number of ether oxygens (including phenoxy) is 3. The van der Waals surface area contributed by atoms with E-state index in [0.717, 1.165) is 23.3 Å². The fraction of sp³-hybridized carbons (Fsp3) is 0.440. The number of alkyl carbamates (subject to hydrolysis) is 1. The van der Waals surface area contributed by atoms with E-state index in [1.165, 1.54) is 23.6 Å². The largest absolute Gasteiger partial charge is 0.493 e. The molecule has 0 saturated heterocycles. The van der Waals surface area contributed by atoms with E-state index >= 15 is 0 Å². The van der Waals surface area contributed by atoms with E-state index in [9.17, 15) is 9.18 Å². The van der Waals surface area contributed by atoms with Crippen molar-refractivity contribution in [1.82, 2.24) is 15.1 Å². The number of aromatic nitrogens is 2. The first-order valence-corrected chi connectivity index (χ1v) is 11.2. The van der Waals surface area contributed by atoms with Gasteiger partial charge in [0.25, 0.3) is 0 Å². The number of hydrogen-bond acceptors (Lipinski definition) is 5. The van der Waals surface area contributed by atoms with Gasteiger partial charge in [0.2, 0.25) is 0 Å². The van der Waals surface area contributed by atoms with Crippen LogP contribution in [0, 0.1) is 11.7 Å². The molecule has 1 saturated carbocycles. The highest BCUT2D eigenvalue weighted by Crippen LogP contribution is 2.30. The van der Waals surface area contributed by atoms with Crippen LogP contribution in [0.3, 0.4) is 0 Å². The van der Waals surface area contributed by atoms with Crippen molar-refractivity contribution in [3.63, 3.8) is 0 Å². The first kappa shape index (κ1) is 22.9. The molecule has 7 nitrogen and oxygen atoms in total. The zero-order valence-corrected chi connectivity index (χ0v) is 19.4. The number of nitrogens with one attached hydrogen (secondary N) is 1. The number of carbonyl (C=O) groups is 1. The Kier molecular flexibility index (Phi) is 6.44. The minimum Gasteiger partial charge on any atom is -0.493 e. The van der Waals surface area contributed by atoms with Crippen LogP contribution < -0.4 is 14.8 Å². The highest BCUT2D eigenvalue weighted by Gasteiger charge is 2.22. The van der Waals surface area contributed by atoms with Crippen molar-refractivity contribution in [2.45, 2.75) is 52.2 Å². The molecule has 1 heterocycles. The third-order valence-corrected chi connectivity index (χ3v) is 5.09. The molecule has 176 valence electrons. The monoisotopic (exact) mass is 455 g/mol. The van der Waals surface area contributed by atoms with Crippen molar-refractivity contribution < 1.29 is 23.4 Å². The third-order valence-electron chi connectivity index (χ3n) is 5.09. The molecule has 1 fully saturated rings. The topological polar surface area (TPSA) is 74.6 Å². The first-order valence-electron chi connectivity index (χ1n) is 11.2. The van der Waals surface area contributed by atoms with E-state index in [2.05, 4.69) is 10.4 Å². The molecule has 33 heavy (non-hydrogen) atoms. The molecule has 4 rings (SSSR count). The minimum absolute atomic E-state index is 0.174. The molecule has 2 aromatic carbocycles. The summed E-state index contributed by atoms with van der Waals surface area (Å²) in [5, 5.41) is 8.10. The van der Waals surface area contributed by atoms with Crippen LogP contribution in [0.15, 0.2) is 42.6 Å². The maximum Gasteiger partial charge on any atom is 0.407 e. The van der Waals surface area contributed by atoms with Crippen LogP contribution in [0.5, 0.6) is 11.5 Å². The predicted molar refractivity (Wildman–Crippen MR) is 124 cm³/mol. The Morgan fingerprint density at radius 1 is 1.18 bits per heavy atom. The molecule has 1 atom stereocenters. The normalized spacial score (nSPS) is 14.7. The Hall–Kier alpha value is -3.29. The number of carbonyl (C=O) groups excluding carboxylic acids is 1. The lowest BCUT2D eigenvalue weighted by Gasteiger charge is -2.22. The Labute approximate surface area is 192 Å². The zero-order valence-electron chi connectivity index (χ0n) is 19.4. The maximum absolute atomic E-state index is 14.8. The Balaban J connectivity index is 1.37. The van der Waals surface area contributed by atoms with Crippen LogP contribution in [0.2, 0.25) is 0 Å². The number of benzene rings is 2. The average Bonchev–Trinajstić information content (AvgIpc) is 3.46. The molecule has 0 radical (unpaired) electrons. The lowest BCUT2D eigenvalue weighted by Crippen LogP contribution is -2.40. The van der Waals surface area contributed by atoms with Gasteiger partial charge in [0, 0.05) is 23.7 Å². The second kappa shape index (κ2) is 9.29. The molecule has 1 aliphatic rings. The van der Waals surface area contributed by atoms with Gasteiger partial charge in [-0.15, -0.1) is 0 Å². The molecular formula is C25H30FN3O4. The summed E-state index contributed by atoms with van der Waals surface area (Å²) in [5.41, 5.74) is 0.482. The summed E-state index contributed by atoms with van der Waals surface area (Å²) in [6, 6.07) is 10.0. The maximum atomic E-state index is 14.8. The van der Waals surface area contributed by atoms with Gasteiger partial charge >= 0.3 is 6.09 Å². The molecule has 1 aromatic heterocycles. The summed E-state index contributed by atoms with van der Waals surface area (Å²) in [6.07, 6.45) is 3.72. The first-order chi connectivity index (χ1) is 15.7. The van der Waals surface area contributed by atoms with E-state index in [4.69, 9.17) is 14.2 Å². The van der Waals surface area contributed by atoms with Gasteiger partial charge in [-0.2, -0.15) is 5.10 Å². The molecule has 1 amide bonds. The summed E-state index contributed by atoms with van der Waals surface area (Å²) in [5.74, 6) is 1.35. The van der Waals surface area contributed by atoms with E-state index in [0.29, 0.717) is 17.4 Å². The fourth-order valence-corrected chi connectivity index (χ4v) is 3.24. The zero-order chi connectivity index (χ0) is 23.6. The molecule has 0 bridgehead atoms. The summed E-state index contributed by atoms with van der Waals surface area (Å²) >= 11 is 0. The number of rotatable bonds is 8. The molecular weight excluding hydrogens is 425 g/mol. The Morgan fingerprint density at radius 3 is 2.61 bits per heavy atom. The smallest absolute Gasteiger partial charge is 0.407 e. The quantitative estimate of drug-likeness (QED) is 0.502. The standard InChI is InChI=1S/C25H30FN3O4/c1-16(27-24(30)33-25(2,3)4)14-31-19-9-10-23(21(26)11-19)29-13-18-7-8-20(12-22(18)28-29)32-15-17-5-6-17/h7-13,16-17H,5-6,14-15H2,1-4H3,(H,27,30)/t16-/m0/s1. The van der Waals surface area contributed by atoms with Crippen molar-refractivity contribution in [1.29, 1.82) is 0 Å². The van der Waals surface area contributed by atoms with Gasteiger partial charge < -0.3 is 19.5 Å². The lowest BCUT2D eigenvalue weighted by molar-refractivity contribution is 0.0494. The molecule has 0 unspecified atom stereocenters. The second-order valence-electron chi connectivity index (χ2n) is 9.52. The van der Waals surface area contributed by atoms with Crippen molar-refractivity contribution in [2.24, 2.45) is 5.92 Å². The predicted octanol–water partition coefficient (Wildman–Crippen LogP) is 5.25. The van der Waals surface area contributed by atoms with Crippen molar-refractivity contribution in [2.75, 3.05) is 13.2 Å². The highest BCUT2D eigenvalue weighted by molar-refractivity contribution is 5.80. The third kappa shape index (κ3) is 6.37. The van der Waals surface area contributed by atoms with Crippen LogP contribution in [-0.4, -0.2) is 40.7 Å². The fourth-order valence-electron chi connectivity index (χ4n) is 3.24. The van der Waals surface area contributed by atoms with Gasteiger partial charge in [-0.05, 0) is 70.7 Å². The van der Waals surface area contributed by atoms with Crippen molar-refractivity contribution in [3.05, 3.63) is 48.4 Å². The number of fused-ring (bicyclic) bond motifs is 1. The van der Waals surface area contributed by atoms with Crippen molar-refractivity contribution >= 4 is 17.0 Å². The summed E-state index contributed by atoms with van der Waals surface area (Å²) in [6.45, 7) is 8.07. The summed E-state index contributed by atoms with van der Waals surface area (Å²) in [4.78, 5) is 11.8. The summed E-state index contributed by atoms with van der Waals surface area (Å²) in [7, 11) is 0.